The van der Waals surface area contributed by atoms with Gasteiger partial charge in [-0.3, -0.25) is 0 Å². The highest BCUT2D eigenvalue weighted by molar-refractivity contribution is 5.89. The molecule has 1 aromatic heterocycles. The number of aromatic nitrogens is 2. The number of likely N-dealkylation sites (tertiary alicyclic amines) is 1. The van der Waals surface area contributed by atoms with Crippen LogP contribution in [0.2, 0.25) is 0 Å². The van der Waals surface area contributed by atoms with Crippen LogP contribution in [0.3, 0.4) is 0 Å². The van der Waals surface area contributed by atoms with Gasteiger partial charge in [-0.1, -0.05) is 0 Å². The number of carbonyl (C=O) groups is 1. The number of H-pyrrole nitrogens is 1. The van der Waals surface area contributed by atoms with Gasteiger partial charge in [0.25, 0.3) is 0 Å². The average molecular weight is 336 g/mol. The second kappa shape index (κ2) is 7.29. The van der Waals surface area contributed by atoms with Gasteiger partial charge in [-0.2, -0.15) is 8.78 Å². The van der Waals surface area contributed by atoms with Crippen LogP contribution in [0.15, 0.2) is 36.7 Å². The number of halogens is 2. The number of hydrogen-bond acceptors (Lipinski definition) is 3. The number of rotatable bonds is 4. The molecule has 0 saturated carbocycles. The van der Waals surface area contributed by atoms with E-state index in [2.05, 4.69) is 20.0 Å². The van der Waals surface area contributed by atoms with Crippen molar-refractivity contribution in [2.24, 2.45) is 0 Å². The zero-order valence-corrected chi connectivity index (χ0v) is 12.9. The normalized spacial score (nSPS) is 17.8. The predicted octanol–water partition coefficient (Wildman–Crippen LogP) is 3.42. The van der Waals surface area contributed by atoms with Gasteiger partial charge in [0.1, 0.15) is 11.6 Å². The molecule has 3 rings (SSSR count). The molecule has 1 saturated heterocycles. The van der Waals surface area contributed by atoms with Gasteiger partial charge >= 0.3 is 12.6 Å². The van der Waals surface area contributed by atoms with Crippen LogP contribution in [-0.4, -0.2) is 40.6 Å². The standard InChI is InChI=1S/C16H18F2N4O2/c17-15(18)24-13-5-3-12(4-6-13)21-16(23)22-9-1-2-11(10-22)14-19-7-8-20-14/h3-8,11,15H,1-2,9-10H2,(H,19,20)(H,21,23). The maximum Gasteiger partial charge on any atom is 0.387 e. The zero-order chi connectivity index (χ0) is 16.9. The van der Waals surface area contributed by atoms with Crippen LogP contribution in [0.1, 0.15) is 24.6 Å². The van der Waals surface area contributed by atoms with Crippen LogP contribution in [0.4, 0.5) is 19.3 Å². The van der Waals surface area contributed by atoms with Gasteiger partial charge in [0, 0.05) is 37.1 Å². The van der Waals surface area contributed by atoms with Gasteiger partial charge in [0.2, 0.25) is 0 Å². The minimum absolute atomic E-state index is 0.0545. The van der Waals surface area contributed by atoms with E-state index in [1.807, 2.05) is 0 Å². The molecule has 2 N–H and O–H groups in total. The van der Waals surface area contributed by atoms with Crippen molar-refractivity contribution >= 4 is 11.7 Å². The number of hydrogen-bond donors (Lipinski definition) is 2. The summed E-state index contributed by atoms with van der Waals surface area (Å²) in [5.74, 6) is 1.14. The average Bonchev–Trinajstić information content (AvgIpc) is 3.11. The van der Waals surface area contributed by atoms with Gasteiger partial charge in [-0.15, -0.1) is 0 Å². The van der Waals surface area contributed by atoms with E-state index in [0.29, 0.717) is 18.8 Å². The summed E-state index contributed by atoms with van der Waals surface area (Å²) < 4.78 is 28.5. The molecule has 2 aromatic rings. The number of ether oxygens (including phenoxy) is 1. The van der Waals surface area contributed by atoms with Crippen molar-refractivity contribution in [2.45, 2.75) is 25.4 Å². The SMILES string of the molecule is O=C(Nc1ccc(OC(F)F)cc1)N1CCCC(c2ncc[nH]2)C1. The van der Waals surface area contributed by atoms with Crippen LogP contribution >= 0.6 is 0 Å². The number of nitrogens with zero attached hydrogens (tertiary/aromatic N) is 2. The lowest BCUT2D eigenvalue weighted by atomic mass is 9.98. The van der Waals surface area contributed by atoms with Crippen molar-refractivity contribution in [3.05, 3.63) is 42.5 Å². The van der Waals surface area contributed by atoms with Gasteiger partial charge in [0.05, 0.1) is 0 Å². The van der Waals surface area contributed by atoms with Crippen molar-refractivity contribution in [3.63, 3.8) is 0 Å². The van der Waals surface area contributed by atoms with E-state index >= 15 is 0 Å². The number of urea groups is 1. The molecule has 1 aliphatic heterocycles. The van der Waals surface area contributed by atoms with Crippen molar-refractivity contribution in [1.82, 2.24) is 14.9 Å². The van der Waals surface area contributed by atoms with E-state index in [1.54, 1.807) is 17.3 Å². The Kier molecular flexibility index (Phi) is 4.93. The summed E-state index contributed by atoms with van der Waals surface area (Å²) in [7, 11) is 0. The molecular formula is C16H18F2N4O2. The first-order chi connectivity index (χ1) is 11.6. The van der Waals surface area contributed by atoms with E-state index in [9.17, 15) is 13.6 Å². The summed E-state index contributed by atoms with van der Waals surface area (Å²) in [4.78, 5) is 21.5. The number of aromatic amines is 1. The van der Waals surface area contributed by atoms with E-state index in [0.717, 1.165) is 18.7 Å². The molecule has 0 bridgehead atoms. The third-order valence-electron chi connectivity index (χ3n) is 3.95. The first-order valence-electron chi connectivity index (χ1n) is 7.72. The highest BCUT2D eigenvalue weighted by Crippen LogP contribution is 2.25. The lowest BCUT2D eigenvalue weighted by molar-refractivity contribution is -0.0498. The molecule has 2 heterocycles. The molecule has 1 unspecified atom stereocenters. The Hall–Kier alpha value is -2.64. The molecule has 1 aromatic carbocycles. The Balaban J connectivity index is 1.58. The monoisotopic (exact) mass is 336 g/mol. The number of anilines is 1. The van der Waals surface area contributed by atoms with Gasteiger partial charge in [-0.25, -0.2) is 9.78 Å². The summed E-state index contributed by atoms with van der Waals surface area (Å²) in [6.45, 7) is -1.60. The molecule has 2 amide bonds. The zero-order valence-electron chi connectivity index (χ0n) is 12.9. The molecule has 0 radical (unpaired) electrons. The largest absolute Gasteiger partial charge is 0.435 e. The van der Waals surface area contributed by atoms with Crippen LogP contribution in [0.5, 0.6) is 5.75 Å². The van der Waals surface area contributed by atoms with Crippen molar-refractivity contribution in [1.29, 1.82) is 0 Å². The Labute approximate surface area is 137 Å². The second-order valence-electron chi connectivity index (χ2n) is 5.59. The summed E-state index contributed by atoms with van der Waals surface area (Å²) in [6, 6.07) is 5.63. The summed E-state index contributed by atoms with van der Waals surface area (Å²) in [5, 5.41) is 2.77. The molecule has 6 nitrogen and oxygen atoms in total. The summed E-state index contributed by atoms with van der Waals surface area (Å²) >= 11 is 0. The highest BCUT2D eigenvalue weighted by Gasteiger charge is 2.26. The number of amides is 2. The van der Waals surface area contributed by atoms with E-state index in [1.165, 1.54) is 24.3 Å². The lowest BCUT2D eigenvalue weighted by Gasteiger charge is -2.31. The van der Waals surface area contributed by atoms with E-state index in [-0.39, 0.29) is 17.7 Å². The molecule has 128 valence electrons. The van der Waals surface area contributed by atoms with Gasteiger partial charge in [0.15, 0.2) is 0 Å². The van der Waals surface area contributed by atoms with Crippen LogP contribution in [0, 0.1) is 0 Å². The smallest absolute Gasteiger partial charge is 0.387 e. The van der Waals surface area contributed by atoms with E-state index in [4.69, 9.17) is 0 Å². The Morgan fingerprint density at radius 1 is 1.38 bits per heavy atom. The first kappa shape index (κ1) is 16.2. The number of carbonyl (C=O) groups excluding carboxylic acids is 1. The van der Waals surface area contributed by atoms with E-state index < -0.39 is 6.61 Å². The number of benzene rings is 1. The molecule has 1 fully saturated rings. The molecule has 1 atom stereocenters. The fourth-order valence-electron chi connectivity index (χ4n) is 2.81. The van der Waals surface area contributed by atoms with Gasteiger partial charge in [-0.05, 0) is 37.1 Å². The molecule has 0 aliphatic carbocycles. The highest BCUT2D eigenvalue weighted by atomic mass is 19.3. The molecular weight excluding hydrogens is 318 g/mol. The third-order valence-corrected chi connectivity index (χ3v) is 3.95. The first-order valence-corrected chi connectivity index (χ1v) is 7.72. The minimum atomic E-state index is -2.86. The summed E-state index contributed by atoms with van der Waals surface area (Å²) in [5.41, 5.74) is 0.529. The minimum Gasteiger partial charge on any atom is -0.435 e. The third kappa shape index (κ3) is 4.01. The number of alkyl halides is 2. The fraction of sp³-hybridized carbons (Fsp3) is 0.375. The van der Waals surface area contributed by atoms with Gasteiger partial charge < -0.3 is 19.9 Å². The summed E-state index contributed by atoms with van der Waals surface area (Å²) in [6.07, 6.45) is 5.37. The molecule has 8 heteroatoms. The van der Waals surface area contributed by atoms with Crippen molar-refractivity contribution < 1.29 is 18.3 Å². The fourth-order valence-corrected chi connectivity index (χ4v) is 2.81. The topological polar surface area (TPSA) is 70.2 Å². The quantitative estimate of drug-likeness (QED) is 0.899. The van der Waals surface area contributed by atoms with Crippen molar-refractivity contribution in [2.75, 3.05) is 18.4 Å². The van der Waals surface area contributed by atoms with Crippen LogP contribution < -0.4 is 10.1 Å². The Bertz CT molecular complexity index is 661. The maximum atomic E-state index is 12.4. The second-order valence-corrected chi connectivity index (χ2v) is 5.59. The van der Waals surface area contributed by atoms with Crippen molar-refractivity contribution in [3.8, 4) is 5.75 Å². The Morgan fingerprint density at radius 2 is 2.17 bits per heavy atom. The maximum absolute atomic E-state index is 12.4. The number of piperidine rings is 1. The molecule has 0 spiro atoms. The van der Waals surface area contributed by atoms with Crippen LogP contribution in [-0.2, 0) is 0 Å². The molecule has 1 aliphatic rings. The molecule has 24 heavy (non-hydrogen) atoms. The lowest BCUT2D eigenvalue weighted by Crippen LogP contribution is -2.41. The number of nitrogens with one attached hydrogen (secondary N) is 2. The Morgan fingerprint density at radius 3 is 2.83 bits per heavy atom. The van der Waals surface area contributed by atoms with Crippen LogP contribution in [0.25, 0.3) is 0 Å². The predicted molar refractivity (Wildman–Crippen MR) is 84.2 cm³/mol. The number of imidazole rings is 1.